The Bertz CT molecular complexity index is 675. The number of hydrogen-bond acceptors (Lipinski definition) is 3. The van der Waals surface area contributed by atoms with Gasteiger partial charge in [0.25, 0.3) is 0 Å². The van der Waals surface area contributed by atoms with E-state index in [0.717, 1.165) is 0 Å². The summed E-state index contributed by atoms with van der Waals surface area (Å²) >= 11 is 3.23. The monoisotopic (exact) mass is 352 g/mol. The van der Waals surface area contributed by atoms with Gasteiger partial charge in [-0.2, -0.15) is 0 Å². The van der Waals surface area contributed by atoms with Gasteiger partial charge in [-0.1, -0.05) is 22.0 Å². The van der Waals surface area contributed by atoms with Crippen LogP contribution in [0.2, 0.25) is 0 Å². The number of fused-ring (bicyclic) bond motifs is 1. The molecule has 5 heteroatoms. The van der Waals surface area contributed by atoms with Crippen LogP contribution >= 0.6 is 15.9 Å². The molecule has 2 aromatic carbocycles. The summed E-state index contributed by atoms with van der Waals surface area (Å²) in [5.74, 6) is 0.866. The Hall–Kier alpha value is -1.59. The van der Waals surface area contributed by atoms with Crippen molar-refractivity contribution in [3.63, 3.8) is 0 Å². The molecule has 0 saturated heterocycles. The van der Waals surface area contributed by atoms with Crippen molar-refractivity contribution in [1.29, 1.82) is 0 Å². The fraction of sp³-hybridized carbons (Fsp3) is 0.250. The molecule has 0 saturated carbocycles. The van der Waals surface area contributed by atoms with E-state index >= 15 is 0 Å². The lowest BCUT2D eigenvalue weighted by molar-refractivity contribution is 0.0637. The van der Waals surface area contributed by atoms with Crippen LogP contribution in [0.15, 0.2) is 40.9 Å². The summed E-state index contributed by atoms with van der Waals surface area (Å²) in [7, 11) is 1.57. The fourth-order valence-electron chi connectivity index (χ4n) is 2.51. The third-order valence-corrected chi connectivity index (χ3v) is 4.09. The minimum absolute atomic E-state index is 0.304. The van der Waals surface area contributed by atoms with Gasteiger partial charge in [-0.05, 0) is 30.3 Å². The summed E-state index contributed by atoms with van der Waals surface area (Å²) in [6.07, 6.45) is -0.912. The molecule has 0 aliphatic carbocycles. The van der Waals surface area contributed by atoms with E-state index in [1.54, 1.807) is 37.4 Å². The van der Waals surface area contributed by atoms with Crippen molar-refractivity contribution >= 4 is 15.9 Å². The van der Waals surface area contributed by atoms with Crippen molar-refractivity contribution in [2.24, 2.45) is 0 Å². The Labute approximate surface area is 130 Å². The van der Waals surface area contributed by atoms with E-state index in [0.29, 0.717) is 33.5 Å². The maximum atomic E-state index is 14.0. The van der Waals surface area contributed by atoms with E-state index in [1.807, 2.05) is 0 Å². The normalized spacial score (nSPS) is 20.6. The van der Waals surface area contributed by atoms with Crippen LogP contribution in [0.4, 0.5) is 4.39 Å². The number of rotatable bonds is 2. The zero-order chi connectivity index (χ0) is 15.0. The quantitative estimate of drug-likeness (QED) is 0.882. The summed E-state index contributed by atoms with van der Waals surface area (Å²) < 4.78 is 25.7. The molecule has 1 aliphatic rings. The highest BCUT2D eigenvalue weighted by Crippen LogP contribution is 2.42. The molecule has 0 amide bonds. The van der Waals surface area contributed by atoms with Crippen LogP contribution in [0.1, 0.15) is 29.8 Å². The number of halogens is 2. The molecule has 1 unspecified atom stereocenters. The van der Waals surface area contributed by atoms with Crippen molar-refractivity contribution in [1.82, 2.24) is 0 Å². The molecule has 2 aromatic rings. The molecule has 0 bridgehead atoms. The molecule has 0 spiro atoms. The van der Waals surface area contributed by atoms with Crippen LogP contribution in [0, 0.1) is 5.82 Å². The average Bonchev–Trinajstić information content (AvgIpc) is 2.47. The molecule has 3 rings (SSSR count). The number of methoxy groups -OCH3 is 1. The molecule has 0 aromatic heterocycles. The molecule has 1 aliphatic heterocycles. The second kappa shape index (κ2) is 5.66. The summed E-state index contributed by atoms with van der Waals surface area (Å²) in [6, 6.07) is 10.1. The number of hydrogen-bond donors (Lipinski definition) is 1. The van der Waals surface area contributed by atoms with Crippen molar-refractivity contribution < 1.29 is 19.0 Å². The molecule has 1 N–H and O–H groups in total. The molecule has 2 atom stereocenters. The number of benzene rings is 2. The van der Waals surface area contributed by atoms with E-state index in [4.69, 9.17) is 9.47 Å². The van der Waals surface area contributed by atoms with Gasteiger partial charge in [0.1, 0.15) is 23.4 Å². The predicted molar refractivity (Wildman–Crippen MR) is 80.0 cm³/mol. The molecule has 1 heterocycles. The van der Waals surface area contributed by atoms with Gasteiger partial charge in [0.05, 0.1) is 13.2 Å². The van der Waals surface area contributed by atoms with E-state index in [9.17, 15) is 9.50 Å². The lowest BCUT2D eigenvalue weighted by Gasteiger charge is -2.30. The lowest BCUT2D eigenvalue weighted by Crippen LogP contribution is -2.20. The first kappa shape index (κ1) is 14.4. The highest BCUT2D eigenvalue weighted by atomic mass is 79.9. The molecule has 110 valence electrons. The van der Waals surface area contributed by atoms with Crippen molar-refractivity contribution in [3.8, 4) is 11.5 Å². The van der Waals surface area contributed by atoms with Gasteiger partial charge in [0, 0.05) is 22.0 Å². The van der Waals surface area contributed by atoms with Gasteiger partial charge >= 0.3 is 0 Å². The molecular weight excluding hydrogens is 339 g/mol. The van der Waals surface area contributed by atoms with Crippen LogP contribution in [0.3, 0.4) is 0 Å². The molecule has 0 fully saturated rings. The topological polar surface area (TPSA) is 38.7 Å². The van der Waals surface area contributed by atoms with E-state index in [2.05, 4.69) is 15.9 Å². The second-order valence-corrected chi connectivity index (χ2v) is 5.84. The Morgan fingerprint density at radius 2 is 2.05 bits per heavy atom. The molecule has 21 heavy (non-hydrogen) atoms. The fourth-order valence-corrected chi connectivity index (χ4v) is 2.84. The zero-order valence-corrected chi connectivity index (χ0v) is 12.9. The Kier molecular flexibility index (Phi) is 3.87. The van der Waals surface area contributed by atoms with Gasteiger partial charge in [0.2, 0.25) is 0 Å². The molecular formula is C16H14BrFO3. The molecule has 0 radical (unpaired) electrons. The van der Waals surface area contributed by atoms with Gasteiger partial charge in [-0.25, -0.2) is 4.39 Å². The highest BCUT2D eigenvalue weighted by Gasteiger charge is 2.30. The smallest absolute Gasteiger partial charge is 0.131 e. The van der Waals surface area contributed by atoms with Crippen LogP contribution < -0.4 is 9.47 Å². The van der Waals surface area contributed by atoms with Crippen molar-refractivity contribution in [3.05, 3.63) is 57.8 Å². The summed E-state index contributed by atoms with van der Waals surface area (Å²) in [4.78, 5) is 0. The van der Waals surface area contributed by atoms with Gasteiger partial charge in [-0.15, -0.1) is 0 Å². The zero-order valence-electron chi connectivity index (χ0n) is 11.3. The standard InChI is InChI=1S/C16H14BrFO3/c1-20-10-3-5-15-12(7-10)14(19)8-16(21-15)11-4-2-9(17)6-13(11)18/h2-7,14,16,19H,8H2,1H3/t14-,16?/m1/s1. The Balaban J connectivity index is 1.94. The second-order valence-electron chi connectivity index (χ2n) is 4.93. The number of aliphatic hydroxyl groups is 1. The highest BCUT2D eigenvalue weighted by molar-refractivity contribution is 9.10. The van der Waals surface area contributed by atoms with Gasteiger partial charge in [0.15, 0.2) is 0 Å². The minimum atomic E-state index is -0.711. The SMILES string of the molecule is COc1ccc2c(c1)[C@H](O)CC(c1ccc(Br)cc1F)O2. The van der Waals surface area contributed by atoms with Crippen LogP contribution in [0.5, 0.6) is 11.5 Å². The van der Waals surface area contributed by atoms with E-state index in [-0.39, 0.29) is 5.82 Å². The Morgan fingerprint density at radius 3 is 2.76 bits per heavy atom. The van der Waals surface area contributed by atoms with Gasteiger partial charge in [-0.3, -0.25) is 0 Å². The van der Waals surface area contributed by atoms with E-state index in [1.165, 1.54) is 6.07 Å². The molecule has 3 nitrogen and oxygen atoms in total. The van der Waals surface area contributed by atoms with Crippen LogP contribution in [-0.4, -0.2) is 12.2 Å². The van der Waals surface area contributed by atoms with Crippen LogP contribution in [0.25, 0.3) is 0 Å². The summed E-state index contributed by atoms with van der Waals surface area (Å²) in [6.45, 7) is 0. The first-order valence-electron chi connectivity index (χ1n) is 6.56. The third-order valence-electron chi connectivity index (χ3n) is 3.59. The van der Waals surface area contributed by atoms with Gasteiger partial charge < -0.3 is 14.6 Å². The number of ether oxygens (including phenoxy) is 2. The third kappa shape index (κ3) is 2.76. The van der Waals surface area contributed by atoms with Crippen molar-refractivity contribution in [2.45, 2.75) is 18.6 Å². The maximum absolute atomic E-state index is 14.0. The predicted octanol–water partition coefficient (Wildman–Crippen LogP) is 4.15. The summed E-state index contributed by atoms with van der Waals surface area (Å²) in [5, 5.41) is 10.3. The Morgan fingerprint density at radius 1 is 1.24 bits per heavy atom. The number of aliphatic hydroxyl groups excluding tert-OH is 1. The minimum Gasteiger partial charge on any atom is -0.497 e. The van der Waals surface area contributed by atoms with Crippen molar-refractivity contribution in [2.75, 3.05) is 7.11 Å². The first-order chi connectivity index (χ1) is 10.1. The van der Waals surface area contributed by atoms with E-state index < -0.39 is 12.2 Å². The lowest BCUT2D eigenvalue weighted by atomic mass is 9.94. The largest absolute Gasteiger partial charge is 0.497 e. The average molecular weight is 353 g/mol. The maximum Gasteiger partial charge on any atom is 0.131 e. The van der Waals surface area contributed by atoms with Crippen LogP contribution in [-0.2, 0) is 0 Å². The summed E-state index contributed by atoms with van der Waals surface area (Å²) in [5.41, 5.74) is 1.11. The first-order valence-corrected chi connectivity index (χ1v) is 7.35.